The van der Waals surface area contributed by atoms with Crippen LogP contribution in [-0.4, -0.2) is 50.9 Å². The third kappa shape index (κ3) is 2.84. The van der Waals surface area contributed by atoms with Gasteiger partial charge >= 0.3 is 0 Å². The molecule has 6 heteroatoms. The second kappa shape index (κ2) is 6.55. The molecule has 0 saturated carbocycles. The quantitative estimate of drug-likeness (QED) is 0.859. The minimum absolute atomic E-state index is 0.0120. The number of methoxy groups -OCH3 is 1. The summed E-state index contributed by atoms with van der Waals surface area (Å²) in [4.78, 5) is 17.0. The number of rotatable bonds is 3. The first-order valence-corrected chi connectivity index (χ1v) is 8.34. The summed E-state index contributed by atoms with van der Waals surface area (Å²) >= 11 is 0. The van der Waals surface area contributed by atoms with E-state index in [1.807, 2.05) is 41.3 Å². The van der Waals surface area contributed by atoms with Crippen molar-refractivity contribution in [3.63, 3.8) is 0 Å². The lowest BCUT2D eigenvalue weighted by Gasteiger charge is -2.36. The van der Waals surface area contributed by atoms with Gasteiger partial charge in [0, 0.05) is 26.2 Å². The zero-order chi connectivity index (χ0) is 17.2. The first kappa shape index (κ1) is 15.6. The lowest BCUT2D eigenvalue weighted by atomic mass is 10.1. The van der Waals surface area contributed by atoms with Crippen molar-refractivity contribution in [1.29, 1.82) is 0 Å². The van der Waals surface area contributed by atoms with Crippen molar-refractivity contribution < 1.29 is 19.0 Å². The fourth-order valence-electron chi connectivity index (χ4n) is 3.31. The predicted octanol–water partition coefficient (Wildman–Crippen LogP) is 2.39. The topological polar surface area (TPSA) is 51.2 Å². The maximum atomic E-state index is 12.9. The van der Waals surface area contributed by atoms with E-state index in [2.05, 4.69) is 4.90 Å². The summed E-state index contributed by atoms with van der Waals surface area (Å²) < 4.78 is 16.3. The number of carbonyl (C=O) groups excluding carboxylic acids is 1. The molecule has 0 radical (unpaired) electrons. The van der Waals surface area contributed by atoms with Crippen LogP contribution in [0, 0.1) is 0 Å². The molecule has 0 bridgehead atoms. The molecule has 25 heavy (non-hydrogen) atoms. The highest BCUT2D eigenvalue weighted by atomic mass is 16.7. The van der Waals surface area contributed by atoms with Crippen LogP contribution in [0.4, 0.5) is 5.69 Å². The van der Waals surface area contributed by atoms with Crippen molar-refractivity contribution in [1.82, 2.24) is 4.90 Å². The number of carbonyl (C=O) groups is 1. The molecule has 0 atom stereocenters. The maximum absolute atomic E-state index is 12.9. The molecule has 0 N–H and O–H groups in total. The average Bonchev–Trinajstić information content (AvgIpc) is 3.16. The zero-order valence-electron chi connectivity index (χ0n) is 14.1. The van der Waals surface area contributed by atoms with Gasteiger partial charge in [-0.2, -0.15) is 0 Å². The lowest BCUT2D eigenvalue weighted by molar-refractivity contribution is 0.0742. The number of nitrogens with zero attached hydrogens (tertiary/aromatic N) is 2. The highest BCUT2D eigenvalue weighted by Gasteiger charge is 2.28. The Kier molecular flexibility index (Phi) is 4.09. The normalized spacial score (nSPS) is 16.0. The summed E-state index contributed by atoms with van der Waals surface area (Å²) in [5.41, 5.74) is 1.63. The van der Waals surface area contributed by atoms with Gasteiger partial charge in [0.1, 0.15) is 5.75 Å². The Bertz CT molecular complexity index is 785. The van der Waals surface area contributed by atoms with Gasteiger partial charge in [0.25, 0.3) is 5.91 Å². The lowest BCUT2D eigenvalue weighted by Crippen LogP contribution is -2.48. The smallest absolute Gasteiger partial charge is 0.257 e. The van der Waals surface area contributed by atoms with E-state index in [4.69, 9.17) is 14.2 Å². The molecule has 2 aromatic carbocycles. The number of para-hydroxylation sites is 3. The Morgan fingerprint density at radius 2 is 1.80 bits per heavy atom. The minimum Gasteiger partial charge on any atom is -0.495 e. The highest BCUT2D eigenvalue weighted by Crippen LogP contribution is 2.36. The molecule has 1 fully saturated rings. The molecule has 4 rings (SSSR count). The fraction of sp³-hybridized carbons (Fsp3) is 0.316. The van der Waals surface area contributed by atoms with Crippen LogP contribution in [0.3, 0.4) is 0 Å². The molecule has 1 saturated heterocycles. The van der Waals surface area contributed by atoms with Gasteiger partial charge < -0.3 is 24.0 Å². The molecular weight excluding hydrogens is 320 g/mol. The molecule has 0 aliphatic carbocycles. The standard InChI is InChI=1S/C19H20N2O4/c1-23-16-7-3-2-6-15(16)20-9-11-21(12-10-20)19(22)14-5-4-8-17-18(14)25-13-24-17/h2-8H,9-13H2,1H3. The van der Waals surface area contributed by atoms with Gasteiger partial charge in [-0.05, 0) is 24.3 Å². The third-order valence-electron chi connectivity index (χ3n) is 4.62. The van der Waals surface area contributed by atoms with E-state index in [-0.39, 0.29) is 12.7 Å². The average molecular weight is 340 g/mol. The predicted molar refractivity (Wildman–Crippen MR) is 93.7 cm³/mol. The number of benzene rings is 2. The first-order chi connectivity index (χ1) is 12.3. The van der Waals surface area contributed by atoms with Gasteiger partial charge in [0.05, 0.1) is 18.4 Å². The molecule has 130 valence electrons. The molecule has 2 aliphatic heterocycles. The summed E-state index contributed by atoms with van der Waals surface area (Å²) in [7, 11) is 1.68. The number of piperazine rings is 1. The Balaban J connectivity index is 1.47. The number of anilines is 1. The molecule has 2 aliphatic rings. The fourth-order valence-corrected chi connectivity index (χ4v) is 3.31. The number of hydrogen-bond donors (Lipinski definition) is 0. The van der Waals surface area contributed by atoms with E-state index in [9.17, 15) is 4.79 Å². The van der Waals surface area contributed by atoms with Gasteiger partial charge in [-0.3, -0.25) is 4.79 Å². The minimum atomic E-state index is -0.0120. The maximum Gasteiger partial charge on any atom is 0.257 e. The van der Waals surface area contributed by atoms with Gasteiger partial charge in [0.15, 0.2) is 11.5 Å². The van der Waals surface area contributed by atoms with Gasteiger partial charge in [0.2, 0.25) is 6.79 Å². The number of ether oxygens (including phenoxy) is 3. The van der Waals surface area contributed by atoms with Gasteiger partial charge in [-0.15, -0.1) is 0 Å². The van der Waals surface area contributed by atoms with Gasteiger partial charge in [-0.25, -0.2) is 0 Å². The number of fused-ring (bicyclic) bond motifs is 1. The summed E-state index contributed by atoms with van der Waals surface area (Å²) in [5.74, 6) is 2.04. The molecule has 2 aromatic rings. The van der Waals surface area contributed by atoms with E-state index in [1.54, 1.807) is 13.2 Å². The number of amides is 1. The zero-order valence-corrected chi connectivity index (χ0v) is 14.1. The SMILES string of the molecule is COc1ccccc1N1CCN(C(=O)c2cccc3c2OCO3)CC1. The second-order valence-electron chi connectivity index (χ2n) is 5.99. The van der Waals surface area contributed by atoms with Crippen LogP contribution >= 0.6 is 0 Å². The summed E-state index contributed by atoms with van der Waals surface area (Å²) in [6, 6.07) is 13.4. The van der Waals surface area contributed by atoms with Crippen LogP contribution in [0.15, 0.2) is 42.5 Å². The highest BCUT2D eigenvalue weighted by molar-refractivity contribution is 5.98. The molecular formula is C19H20N2O4. The van der Waals surface area contributed by atoms with Crippen LogP contribution in [0.5, 0.6) is 17.2 Å². The van der Waals surface area contributed by atoms with E-state index in [1.165, 1.54) is 0 Å². The summed E-state index contributed by atoms with van der Waals surface area (Å²) in [5, 5.41) is 0. The van der Waals surface area contributed by atoms with Crippen molar-refractivity contribution in [2.45, 2.75) is 0 Å². The molecule has 2 heterocycles. The van der Waals surface area contributed by atoms with Crippen LogP contribution < -0.4 is 19.1 Å². The first-order valence-electron chi connectivity index (χ1n) is 8.34. The van der Waals surface area contributed by atoms with E-state index < -0.39 is 0 Å². The van der Waals surface area contributed by atoms with Crippen LogP contribution in [0.2, 0.25) is 0 Å². The molecule has 6 nitrogen and oxygen atoms in total. The Hall–Kier alpha value is -2.89. The molecule has 0 unspecified atom stereocenters. The van der Waals surface area contributed by atoms with Crippen LogP contribution in [-0.2, 0) is 0 Å². The molecule has 0 aromatic heterocycles. The van der Waals surface area contributed by atoms with Gasteiger partial charge in [-0.1, -0.05) is 18.2 Å². The van der Waals surface area contributed by atoms with Crippen LogP contribution in [0.1, 0.15) is 10.4 Å². The van der Waals surface area contributed by atoms with Crippen molar-refractivity contribution in [3.8, 4) is 17.2 Å². The van der Waals surface area contributed by atoms with Crippen molar-refractivity contribution >= 4 is 11.6 Å². The molecule has 0 spiro atoms. The Morgan fingerprint density at radius 1 is 1.00 bits per heavy atom. The van der Waals surface area contributed by atoms with Crippen molar-refractivity contribution in [2.24, 2.45) is 0 Å². The van der Waals surface area contributed by atoms with E-state index in [0.717, 1.165) is 24.5 Å². The van der Waals surface area contributed by atoms with Crippen molar-refractivity contribution in [3.05, 3.63) is 48.0 Å². The Labute approximate surface area is 146 Å². The Morgan fingerprint density at radius 3 is 2.60 bits per heavy atom. The monoisotopic (exact) mass is 340 g/mol. The van der Waals surface area contributed by atoms with Crippen molar-refractivity contribution in [2.75, 3.05) is 45.0 Å². The number of hydrogen-bond acceptors (Lipinski definition) is 5. The molecule has 1 amide bonds. The van der Waals surface area contributed by atoms with E-state index >= 15 is 0 Å². The summed E-state index contributed by atoms with van der Waals surface area (Å²) in [6.07, 6.45) is 0. The summed E-state index contributed by atoms with van der Waals surface area (Å²) in [6.45, 7) is 3.00. The largest absolute Gasteiger partial charge is 0.495 e. The third-order valence-corrected chi connectivity index (χ3v) is 4.62. The second-order valence-corrected chi connectivity index (χ2v) is 5.99. The van der Waals surface area contributed by atoms with Crippen LogP contribution in [0.25, 0.3) is 0 Å². The van der Waals surface area contributed by atoms with E-state index in [0.29, 0.717) is 30.2 Å².